The highest BCUT2D eigenvalue weighted by atomic mass is 79.9. The first-order valence-electron chi connectivity index (χ1n) is 12.5. The fourth-order valence-corrected chi connectivity index (χ4v) is 9.68. The molecule has 3 unspecified atom stereocenters. The van der Waals surface area contributed by atoms with Gasteiger partial charge in [0.2, 0.25) is 17.7 Å². The number of thioether (sulfide) groups is 1. The van der Waals surface area contributed by atoms with Gasteiger partial charge in [-0.05, 0) is 40.5 Å². The zero-order chi connectivity index (χ0) is 26.3. The number of carbonyl (C=O) groups is 3. The Balaban J connectivity index is 2.13. The van der Waals surface area contributed by atoms with Crippen LogP contribution in [-0.2, 0) is 14.4 Å². The van der Waals surface area contributed by atoms with Gasteiger partial charge < -0.3 is 19.8 Å². The second-order valence-electron chi connectivity index (χ2n) is 10.9. The van der Waals surface area contributed by atoms with Crippen molar-refractivity contribution >= 4 is 45.4 Å². The van der Waals surface area contributed by atoms with E-state index in [0.717, 1.165) is 6.42 Å². The number of likely N-dealkylation sites (tertiary alicyclic amines) is 1. The summed E-state index contributed by atoms with van der Waals surface area (Å²) in [6, 6.07) is -1.29. The lowest BCUT2D eigenvalue weighted by atomic mass is 9.70. The molecule has 196 valence electrons. The van der Waals surface area contributed by atoms with E-state index in [-0.39, 0.29) is 34.4 Å². The molecule has 9 heteroatoms. The van der Waals surface area contributed by atoms with Crippen LogP contribution in [0.5, 0.6) is 0 Å². The van der Waals surface area contributed by atoms with Crippen LogP contribution in [0.2, 0.25) is 0 Å². The quantitative estimate of drug-likeness (QED) is 0.323. The van der Waals surface area contributed by atoms with Crippen LogP contribution in [0.15, 0.2) is 25.3 Å². The normalized spacial score (nSPS) is 32.4. The molecule has 3 aliphatic heterocycles. The third-order valence-corrected chi connectivity index (χ3v) is 10.7. The van der Waals surface area contributed by atoms with Crippen LogP contribution in [-0.4, -0.2) is 96.2 Å². The molecule has 7 nitrogen and oxygen atoms in total. The summed E-state index contributed by atoms with van der Waals surface area (Å²) in [5.74, 6) is -1.51. The summed E-state index contributed by atoms with van der Waals surface area (Å²) in [6.07, 6.45) is 4.84. The smallest absolute Gasteiger partial charge is 0.247 e. The van der Waals surface area contributed by atoms with Gasteiger partial charge in [0.1, 0.15) is 6.04 Å². The molecule has 7 atom stereocenters. The lowest BCUT2D eigenvalue weighted by molar-refractivity contribution is -0.148. The number of carbonyl (C=O) groups excluding carboxylic acids is 3. The molecule has 1 N–H and O–H groups in total. The standard InChI is InChI=1S/C26H40BrN3O4S/c1-8-11-28(12-9-2)22(32)18-19-23(33)30(16(4)15-31)21(26(19)14-17(27)20(18)35-26)24(34)29(13-10-3)25(5,6)7/h8,10,16-21,31H,1,3,9,11-15H2,2,4-7H3/t16-,17?,18-,19+,20-,21?,26?/m1/s1. The Morgan fingerprint density at radius 3 is 2.43 bits per heavy atom. The number of fused-ring (bicyclic) bond motifs is 1. The van der Waals surface area contributed by atoms with Crippen LogP contribution in [0.4, 0.5) is 0 Å². The van der Waals surface area contributed by atoms with Gasteiger partial charge in [0.25, 0.3) is 0 Å². The molecular weight excluding hydrogens is 530 g/mol. The van der Waals surface area contributed by atoms with Crippen molar-refractivity contribution in [2.24, 2.45) is 11.8 Å². The van der Waals surface area contributed by atoms with Crippen molar-refractivity contribution in [2.75, 3.05) is 26.2 Å². The molecule has 35 heavy (non-hydrogen) atoms. The summed E-state index contributed by atoms with van der Waals surface area (Å²) < 4.78 is -0.729. The van der Waals surface area contributed by atoms with E-state index < -0.39 is 34.2 Å². The first-order valence-corrected chi connectivity index (χ1v) is 14.3. The molecule has 0 radical (unpaired) electrons. The van der Waals surface area contributed by atoms with E-state index in [0.29, 0.717) is 26.1 Å². The summed E-state index contributed by atoms with van der Waals surface area (Å²) in [4.78, 5) is 47.4. The highest BCUT2D eigenvalue weighted by molar-refractivity contribution is 9.09. The second kappa shape index (κ2) is 10.6. The van der Waals surface area contributed by atoms with Gasteiger partial charge in [0.15, 0.2) is 0 Å². The fourth-order valence-electron chi connectivity index (χ4n) is 6.09. The van der Waals surface area contributed by atoms with Gasteiger partial charge in [0.05, 0.1) is 29.2 Å². The number of nitrogens with zero attached hydrogens (tertiary/aromatic N) is 3. The van der Waals surface area contributed by atoms with Crippen molar-refractivity contribution in [3.05, 3.63) is 25.3 Å². The van der Waals surface area contributed by atoms with E-state index in [9.17, 15) is 19.5 Å². The number of halogens is 1. The summed E-state index contributed by atoms with van der Waals surface area (Å²) in [5.41, 5.74) is -0.483. The molecule has 3 aliphatic rings. The summed E-state index contributed by atoms with van der Waals surface area (Å²) in [6.45, 7) is 18.5. The number of aliphatic hydroxyl groups excluding tert-OH is 1. The first-order chi connectivity index (χ1) is 16.4. The number of hydrogen-bond acceptors (Lipinski definition) is 5. The van der Waals surface area contributed by atoms with E-state index in [1.165, 1.54) is 0 Å². The SMILES string of the molecule is C=CCN(CCC)C(=O)[C@H]1[C@@H]2SC3(CC2Br)C(C(=O)N(CC=C)C(C)(C)C)N([C@H](C)CO)C(=O)[C@H]13. The Morgan fingerprint density at radius 2 is 1.91 bits per heavy atom. The van der Waals surface area contributed by atoms with E-state index in [1.54, 1.807) is 45.5 Å². The average molecular weight is 571 g/mol. The Kier molecular flexibility index (Phi) is 8.54. The van der Waals surface area contributed by atoms with Crippen LogP contribution in [0.1, 0.15) is 47.5 Å². The van der Waals surface area contributed by atoms with Crippen molar-refractivity contribution < 1.29 is 19.5 Å². The lowest BCUT2D eigenvalue weighted by Gasteiger charge is -2.43. The lowest BCUT2D eigenvalue weighted by Crippen LogP contribution is -2.60. The maximum Gasteiger partial charge on any atom is 0.247 e. The molecule has 0 aliphatic carbocycles. The highest BCUT2D eigenvalue weighted by Gasteiger charge is 2.76. The number of rotatable bonds is 10. The predicted molar refractivity (Wildman–Crippen MR) is 144 cm³/mol. The van der Waals surface area contributed by atoms with E-state index in [2.05, 4.69) is 29.1 Å². The Labute approximate surface area is 222 Å². The summed E-state index contributed by atoms with van der Waals surface area (Å²) >= 11 is 5.44. The molecule has 1 spiro atoms. The fraction of sp³-hybridized carbons (Fsp3) is 0.731. The molecule has 3 rings (SSSR count). The summed E-state index contributed by atoms with van der Waals surface area (Å²) in [7, 11) is 0. The van der Waals surface area contributed by atoms with E-state index in [1.807, 2.05) is 27.7 Å². The molecule has 3 fully saturated rings. The van der Waals surface area contributed by atoms with Gasteiger partial charge in [0, 0.05) is 35.3 Å². The Hall–Kier alpha value is -1.32. The molecule has 0 aromatic carbocycles. The molecule has 0 saturated carbocycles. The topological polar surface area (TPSA) is 81.2 Å². The van der Waals surface area contributed by atoms with E-state index >= 15 is 0 Å². The third-order valence-electron chi connectivity index (χ3n) is 7.53. The van der Waals surface area contributed by atoms with Crippen LogP contribution in [0.3, 0.4) is 0 Å². The van der Waals surface area contributed by atoms with Gasteiger partial charge in [-0.1, -0.05) is 35.0 Å². The number of amides is 3. The summed E-state index contributed by atoms with van der Waals surface area (Å²) in [5, 5.41) is 9.97. The molecule has 3 heterocycles. The number of aliphatic hydroxyl groups is 1. The average Bonchev–Trinajstić information content (AvgIpc) is 3.38. The van der Waals surface area contributed by atoms with Gasteiger partial charge in [-0.3, -0.25) is 14.4 Å². The van der Waals surface area contributed by atoms with Gasteiger partial charge >= 0.3 is 0 Å². The van der Waals surface area contributed by atoms with Crippen LogP contribution < -0.4 is 0 Å². The minimum Gasteiger partial charge on any atom is -0.394 e. The van der Waals surface area contributed by atoms with Crippen molar-refractivity contribution in [2.45, 2.75) is 79.9 Å². The van der Waals surface area contributed by atoms with Crippen LogP contribution in [0.25, 0.3) is 0 Å². The maximum atomic E-state index is 14.3. The van der Waals surface area contributed by atoms with Crippen molar-refractivity contribution in [1.82, 2.24) is 14.7 Å². The van der Waals surface area contributed by atoms with Crippen molar-refractivity contribution in [3.63, 3.8) is 0 Å². The first kappa shape index (κ1) is 28.3. The molecule has 0 aromatic heterocycles. The van der Waals surface area contributed by atoms with Crippen LogP contribution in [0, 0.1) is 11.8 Å². The number of hydrogen-bond donors (Lipinski definition) is 1. The third kappa shape index (κ3) is 4.61. The largest absolute Gasteiger partial charge is 0.394 e. The predicted octanol–water partition coefficient (Wildman–Crippen LogP) is 3.07. The molecule has 3 saturated heterocycles. The Morgan fingerprint density at radius 1 is 1.29 bits per heavy atom. The minimum atomic E-state index is -0.756. The molecule has 0 aromatic rings. The molecule has 3 amide bonds. The monoisotopic (exact) mass is 569 g/mol. The van der Waals surface area contributed by atoms with Crippen molar-refractivity contribution in [1.29, 1.82) is 0 Å². The van der Waals surface area contributed by atoms with Crippen molar-refractivity contribution in [3.8, 4) is 0 Å². The van der Waals surface area contributed by atoms with Gasteiger partial charge in [-0.25, -0.2) is 0 Å². The van der Waals surface area contributed by atoms with Gasteiger partial charge in [-0.2, -0.15) is 0 Å². The minimum absolute atomic E-state index is 0.0138. The highest BCUT2D eigenvalue weighted by Crippen LogP contribution is 2.68. The maximum absolute atomic E-state index is 14.3. The van der Waals surface area contributed by atoms with Crippen LogP contribution >= 0.6 is 27.7 Å². The van der Waals surface area contributed by atoms with E-state index in [4.69, 9.17) is 0 Å². The zero-order valence-electron chi connectivity index (χ0n) is 21.6. The molecular formula is C26H40BrN3O4S. The second-order valence-corrected chi connectivity index (χ2v) is 13.6. The number of alkyl halides is 1. The molecule has 2 bridgehead atoms. The van der Waals surface area contributed by atoms with Gasteiger partial charge in [-0.15, -0.1) is 24.9 Å². The zero-order valence-corrected chi connectivity index (χ0v) is 24.0. The Bertz CT molecular complexity index is 877.